The molecule has 0 heteroatoms. The van der Waals surface area contributed by atoms with Crippen LogP contribution in [0.4, 0.5) is 0 Å². The van der Waals surface area contributed by atoms with Gasteiger partial charge in [-0.15, -0.1) is 0 Å². The largest absolute Gasteiger partial charge is 0.0654 e. The summed E-state index contributed by atoms with van der Waals surface area (Å²) in [6.07, 6.45) is 42.6. The van der Waals surface area contributed by atoms with Gasteiger partial charge in [0.1, 0.15) is 0 Å². The standard InChI is InChI=1S/C119H130/c1-9-15-21-35-73-117(74-36-22-16-10-2)109-47-33-31-41-97(109)100-71-67-95(83-113(100)117)107(80-87-52-49-85(7)50-53-87)90-58-62-92(63-59-90)115-103-43-27-29-45-105(103)116(106-46-30-28-44-104(106)115)93-64-60-91(61-65-93)108(96-68-72-101-98-42-32-34-48-110(98)118(114(101)84-96,75-37-23-17-11-3)76-38-24-18-12-4)81-88-54-56-89(57-55-88)94-66-70-102-99-69-51-86(8)79-111(99)119(112(102)82-94,77-39-25-19-13-5)78-40-26-20-14-6/h27-34,41-72,79-84H,9-26,35-40,73-78H2,1-8H3/b107-80-,108-81-. The van der Waals surface area contributed by atoms with Gasteiger partial charge in [0.2, 0.25) is 0 Å². The molecule has 16 rings (SSSR count). The predicted octanol–water partition coefficient (Wildman–Crippen LogP) is 35.4. The zero-order valence-electron chi connectivity index (χ0n) is 73.3. The van der Waals surface area contributed by atoms with E-state index in [1.54, 1.807) is 22.3 Å². The van der Waals surface area contributed by atoms with Crippen molar-refractivity contribution in [2.75, 3.05) is 0 Å². The molecule has 0 amide bonds. The third kappa shape index (κ3) is 16.8. The Morgan fingerprint density at radius 2 is 0.496 bits per heavy atom. The van der Waals surface area contributed by atoms with Crippen molar-refractivity contribution in [1.82, 2.24) is 0 Å². The molecule has 0 bridgehead atoms. The zero-order valence-corrected chi connectivity index (χ0v) is 73.3. The first kappa shape index (κ1) is 82.6. The minimum Gasteiger partial charge on any atom is -0.0654 e. The van der Waals surface area contributed by atoms with Crippen LogP contribution in [0.2, 0.25) is 0 Å². The van der Waals surface area contributed by atoms with Crippen LogP contribution in [0.1, 0.15) is 312 Å². The van der Waals surface area contributed by atoms with Gasteiger partial charge in [0.25, 0.3) is 0 Å². The molecular formula is C119H130. The van der Waals surface area contributed by atoms with E-state index in [1.807, 2.05) is 0 Å². The number of hydrogen-bond acceptors (Lipinski definition) is 0. The fourth-order valence-corrected chi connectivity index (χ4v) is 22.0. The fourth-order valence-electron chi connectivity index (χ4n) is 22.0. The highest BCUT2D eigenvalue weighted by Crippen LogP contribution is 2.59. The van der Waals surface area contributed by atoms with Crippen molar-refractivity contribution in [2.24, 2.45) is 0 Å². The molecule has 0 saturated heterocycles. The molecule has 0 unspecified atom stereocenters. The number of aryl methyl sites for hydroxylation is 2. The predicted molar refractivity (Wildman–Crippen MR) is 518 cm³/mol. The molecule has 0 aromatic heterocycles. The van der Waals surface area contributed by atoms with Gasteiger partial charge >= 0.3 is 0 Å². The Hall–Kier alpha value is -10.1. The maximum atomic E-state index is 2.67. The molecule has 606 valence electrons. The zero-order chi connectivity index (χ0) is 81.7. The van der Waals surface area contributed by atoms with Crippen molar-refractivity contribution in [2.45, 2.75) is 264 Å². The van der Waals surface area contributed by atoms with Gasteiger partial charge in [-0.3, -0.25) is 0 Å². The first-order chi connectivity index (χ1) is 58.5. The van der Waals surface area contributed by atoms with E-state index in [0.29, 0.717) is 0 Å². The van der Waals surface area contributed by atoms with E-state index < -0.39 is 0 Å². The Labute approximate surface area is 715 Å². The Bertz CT molecular complexity index is 5610. The lowest BCUT2D eigenvalue weighted by atomic mass is 9.70. The maximum absolute atomic E-state index is 2.67. The summed E-state index contributed by atoms with van der Waals surface area (Å²) >= 11 is 0. The van der Waals surface area contributed by atoms with Gasteiger partial charge in [0.15, 0.2) is 0 Å². The van der Waals surface area contributed by atoms with Crippen LogP contribution in [0.25, 0.3) is 112 Å². The average Bonchev–Trinajstić information content (AvgIpc) is 1.44. The summed E-state index contributed by atoms with van der Waals surface area (Å²) in [6.45, 7) is 18.6. The summed E-state index contributed by atoms with van der Waals surface area (Å²) < 4.78 is 0. The molecule has 0 nitrogen and oxygen atoms in total. The first-order valence-electron chi connectivity index (χ1n) is 47.1. The van der Waals surface area contributed by atoms with Crippen LogP contribution >= 0.6 is 0 Å². The highest BCUT2D eigenvalue weighted by atomic mass is 14.5. The molecule has 0 heterocycles. The minimum absolute atomic E-state index is 0.00803. The lowest BCUT2D eigenvalue weighted by molar-refractivity contribution is 0.401. The Morgan fingerprint density at radius 1 is 0.218 bits per heavy atom. The smallest absolute Gasteiger partial charge is 0.0215 e. The molecular weight excluding hydrogens is 1430 g/mol. The molecule has 0 spiro atoms. The second kappa shape index (κ2) is 38.1. The third-order valence-corrected chi connectivity index (χ3v) is 28.3. The van der Waals surface area contributed by atoms with E-state index in [0.717, 1.165) is 0 Å². The van der Waals surface area contributed by atoms with E-state index in [2.05, 4.69) is 334 Å². The van der Waals surface area contributed by atoms with Crippen LogP contribution in [-0.2, 0) is 16.2 Å². The number of fused-ring (bicyclic) bond motifs is 11. The molecule has 0 atom stereocenters. The van der Waals surface area contributed by atoms with Crippen LogP contribution < -0.4 is 0 Å². The van der Waals surface area contributed by atoms with Crippen LogP contribution in [0.5, 0.6) is 0 Å². The van der Waals surface area contributed by atoms with E-state index >= 15 is 0 Å². The summed E-state index contributed by atoms with van der Waals surface area (Å²) in [7, 11) is 0. The lowest BCUT2D eigenvalue weighted by Crippen LogP contribution is -2.25. The van der Waals surface area contributed by atoms with Gasteiger partial charge in [-0.25, -0.2) is 0 Å². The second-order valence-corrected chi connectivity index (χ2v) is 36.2. The molecule has 13 aromatic carbocycles. The number of rotatable bonds is 39. The van der Waals surface area contributed by atoms with Gasteiger partial charge in [-0.1, -0.05) is 455 Å². The van der Waals surface area contributed by atoms with E-state index in [1.165, 1.54) is 348 Å². The van der Waals surface area contributed by atoms with Crippen molar-refractivity contribution in [3.63, 3.8) is 0 Å². The van der Waals surface area contributed by atoms with Gasteiger partial charge in [-0.2, -0.15) is 0 Å². The highest BCUT2D eigenvalue weighted by Gasteiger charge is 2.46. The van der Waals surface area contributed by atoms with Crippen molar-refractivity contribution in [3.8, 4) is 66.8 Å². The molecule has 0 aliphatic heterocycles. The first-order valence-corrected chi connectivity index (χ1v) is 47.1. The molecule has 0 fully saturated rings. The van der Waals surface area contributed by atoms with Crippen molar-refractivity contribution in [1.29, 1.82) is 0 Å². The van der Waals surface area contributed by atoms with Crippen LogP contribution in [0.3, 0.4) is 0 Å². The molecule has 3 aliphatic carbocycles. The lowest BCUT2D eigenvalue weighted by Gasteiger charge is -2.33. The Kier molecular flexibility index (Phi) is 26.4. The van der Waals surface area contributed by atoms with Crippen LogP contribution in [0.15, 0.2) is 267 Å². The fraction of sp³-hybridized carbons (Fsp3) is 0.345. The second-order valence-electron chi connectivity index (χ2n) is 36.2. The summed E-state index contributed by atoms with van der Waals surface area (Å²) in [5.74, 6) is 0. The van der Waals surface area contributed by atoms with Crippen LogP contribution in [-0.4, -0.2) is 0 Å². The highest BCUT2D eigenvalue weighted by molar-refractivity contribution is 6.21. The van der Waals surface area contributed by atoms with Gasteiger partial charge in [-0.05, 0) is 249 Å². The molecule has 119 heavy (non-hydrogen) atoms. The molecule has 13 aromatic rings. The number of benzene rings is 13. The normalized spacial score (nSPS) is 14.0. The number of hydrogen-bond donors (Lipinski definition) is 0. The average molecular weight is 1560 g/mol. The van der Waals surface area contributed by atoms with Gasteiger partial charge in [0, 0.05) is 16.2 Å². The topological polar surface area (TPSA) is 0 Å². The Morgan fingerprint density at radius 3 is 0.874 bits per heavy atom. The molecule has 0 saturated carbocycles. The summed E-state index contributed by atoms with van der Waals surface area (Å²) in [4.78, 5) is 0. The van der Waals surface area contributed by atoms with Gasteiger partial charge < -0.3 is 0 Å². The van der Waals surface area contributed by atoms with E-state index in [4.69, 9.17) is 0 Å². The monoisotopic (exact) mass is 1560 g/mol. The van der Waals surface area contributed by atoms with E-state index in [-0.39, 0.29) is 16.2 Å². The summed E-state index contributed by atoms with van der Waals surface area (Å²) in [5, 5.41) is 5.06. The summed E-state index contributed by atoms with van der Waals surface area (Å²) in [6, 6.07) is 106. The minimum atomic E-state index is -0.0400. The Balaban J connectivity index is 0.786. The van der Waals surface area contributed by atoms with Crippen molar-refractivity contribution < 1.29 is 0 Å². The van der Waals surface area contributed by atoms with Crippen LogP contribution in [0, 0.1) is 13.8 Å². The molecule has 0 N–H and O–H groups in total. The SMILES string of the molecule is CCCCCCC1(CCCCCC)c2ccccc2-c2ccc(/C(=C\c3ccc(C)cc3)c3ccc(-c4c5ccccc5c(-c5ccc(/C(=C/c6ccc(-c7ccc8c(c7)C(CCCCCC)(CCCCCC)c7cc(C)ccc7-8)cc6)c6ccc7c(c6)C(CCCCCC)(CCCCCC)c6ccccc6-7)cc5)c5ccccc45)cc3)cc21. The quantitative estimate of drug-likeness (QED) is 0.0205. The van der Waals surface area contributed by atoms with Crippen molar-refractivity contribution in [3.05, 3.63) is 345 Å². The number of unbranched alkanes of at least 4 members (excludes halogenated alkanes) is 18. The molecule has 3 aliphatic rings. The van der Waals surface area contributed by atoms with E-state index in [9.17, 15) is 0 Å². The van der Waals surface area contributed by atoms with Gasteiger partial charge in [0.05, 0.1) is 0 Å². The summed E-state index contributed by atoms with van der Waals surface area (Å²) in [5.41, 5.74) is 38.1. The molecule has 0 radical (unpaired) electrons. The van der Waals surface area contributed by atoms with Crippen molar-refractivity contribution >= 4 is 44.8 Å². The maximum Gasteiger partial charge on any atom is 0.0215 e. The third-order valence-electron chi connectivity index (χ3n) is 28.3.